The third kappa shape index (κ3) is 2.87. The maximum absolute atomic E-state index is 5.56. The summed E-state index contributed by atoms with van der Waals surface area (Å²) in [5.74, 6) is 0. The summed E-state index contributed by atoms with van der Waals surface area (Å²) in [6.45, 7) is 5.82. The van der Waals surface area contributed by atoms with Gasteiger partial charge in [-0.15, -0.1) is 11.3 Å². The smallest absolute Gasteiger partial charge is 0.182 e. The van der Waals surface area contributed by atoms with Crippen LogP contribution in [0.1, 0.15) is 24.3 Å². The predicted octanol–water partition coefficient (Wildman–Crippen LogP) is 2.32. The van der Waals surface area contributed by atoms with E-state index in [2.05, 4.69) is 35.2 Å². The Morgan fingerprint density at radius 3 is 2.94 bits per heavy atom. The number of hydrogen-bond donors (Lipinski definition) is 3. The Kier molecular flexibility index (Phi) is 3.49. The molecule has 2 heterocycles. The first-order valence-corrected chi connectivity index (χ1v) is 6.45. The number of thiazole rings is 1. The van der Waals surface area contributed by atoms with E-state index in [9.17, 15) is 0 Å². The molecular weight excluding hydrogens is 232 g/mol. The summed E-state index contributed by atoms with van der Waals surface area (Å²) in [6, 6.07) is 2.11. The Balaban J connectivity index is 1.97. The topological polar surface area (TPSA) is 66.7 Å². The summed E-state index contributed by atoms with van der Waals surface area (Å²) in [5, 5.41) is 4.30. The molecule has 0 aliphatic heterocycles. The molecule has 2 aromatic rings. The molecule has 0 amide bonds. The van der Waals surface area contributed by atoms with Crippen molar-refractivity contribution >= 4 is 16.5 Å². The standard InChI is InChI=1S/C12H18N4S/c1-12(2,9-3-4-14-6-9)8-16-11-15-7-10(5-13)17-11/h3-4,6-7,14H,5,8,13H2,1-2H3,(H,15,16). The summed E-state index contributed by atoms with van der Waals surface area (Å²) in [5.41, 5.74) is 6.93. The van der Waals surface area contributed by atoms with Gasteiger partial charge in [0.25, 0.3) is 0 Å². The van der Waals surface area contributed by atoms with Gasteiger partial charge in [-0.05, 0) is 11.6 Å². The van der Waals surface area contributed by atoms with E-state index in [0.29, 0.717) is 6.54 Å². The average Bonchev–Trinajstić information content (AvgIpc) is 2.98. The van der Waals surface area contributed by atoms with E-state index in [1.165, 1.54) is 5.56 Å². The third-order valence-corrected chi connectivity index (χ3v) is 3.79. The molecule has 92 valence electrons. The number of aromatic amines is 1. The van der Waals surface area contributed by atoms with Gasteiger partial charge in [0.05, 0.1) is 0 Å². The highest BCUT2D eigenvalue weighted by atomic mass is 32.1. The second-order valence-electron chi connectivity index (χ2n) is 4.67. The zero-order valence-corrected chi connectivity index (χ0v) is 11.0. The number of anilines is 1. The number of aromatic nitrogens is 2. The van der Waals surface area contributed by atoms with Crippen LogP contribution in [0.5, 0.6) is 0 Å². The fraction of sp³-hybridized carbons (Fsp3) is 0.417. The molecule has 0 spiro atoms. The number of nitrogens with two attached hydrogens (primary N) is 1. The molecular formula is C12H18N4S. The molecule has 5 heteroatoms. The van der Waals surface area contributed by atoms with Crippen LogP contribution in [0.2, 0.25) is 0 Å². The SMILES string of the molecule is CC(C)(CNc1ncc(CN)s1)c1cc[nH]c1. The van der Waals surface area contributed by atoms with Gasteiger partial charge in [0.2, 0.25) is 0 Å². The van der Waals surface area contributed by atoms with E-state index in [1.807, 2.05) is 18.6 Å². The summed E-state index contributed by atoms with van der Waals surface area (Å²) >= 11 is 1.62. The van der Waals surface area contributed by atoms with Crippen molar-refractivity contribution in [3.05, 3.63) is 35.1 Å². The highest BCUT2D eigenvalue weighted by Gasteiger charge is 2.21. The molecule has 0 radical (unpaired) electrons. The number of nitrogens with zero attached hydrogens (tertiary/aromatic N) is 1. The molecule has 0 bridgehead atoms. The summed E-state index contributed by atoms with van der Waals surface area (Å²) in [4.78, 5) is 8.48. The predicted molar refractivity (Wildman–Crippen MR) is 72.3 cm³/mol. The zero-order chi connectivity index (χ0) is 12.3. The lowest BCUT2D eigenvalue weighted by molar-refractivity contribution is 0.558. The van der Waals surface area contributed by atoms with E-state index < -0.39 is 0 Å². The maximum Gasteiger partial charge on any atom is 0.182 e. The monoisotopic (exact) mass is 250 g/mol. The first kappa shape index (κ1) is 12.1. The van der Waals surface area contributed by atoms with Crippen molar-refractivity contribution in [2.75, 3.05) is 11.9 Å². The van der Waals surface area contributed by atoms with Crippen molar-refractivity contribution in [2.24, 2.45) is 5.73 Å². The van der Waals surface area contributed by atoms with Gasteiger partial charge in [-0.1, -0.05) is 13.8 Å². The lowest BCUT2D eigenvalue weighted by Crippen LogP contribution is -2.27. The van der Waals surface area contributed by atoms with E-state index >= 15 is 0 Å². The van der Waals surface area contributed by atoms with Crippen molar-refractivity contribution in [2.45, 2.75) is 25.8 Å². The van der Waals surface area contributed by atoms with Crippen LogP contribution in [0.25, 0.3) is 0 Å². The normalized spacial score (nSPS) is 11.7. The lowest BCUT2D eigenvalue weighted by Gasteiger charge is -2.23. The van der Waals surface area contributed by atoms with Gasteiger partial charge in [-0.2, -0.15) is 0 Å². The summed E-state index contributed by atoms with van der Waals surface area (Å²) in [7, 11) is 0. The molecule has 0 aromatic carbocycles. The van der Waals surface area contributed by atoms with Crippen LogP contribution in [0, 0.1) is 0 Å². The van der Waals surface area contributed by atoms with Crippen molar-refractivity contribution < 1.29 is 0 Å². The van der Waals surface area contributed by atoms with Crippen LogP contribution in [-0.2, 0) is 12.0 Å². The number of nitrogens with one attached hydrogen (secondary N) is 2. The molecule has 0 aliphatic rings. The first-order chi connectivity index (χ1) is 8.12. The summed E-state index contributed by atoms with van der Waals surface area (Å²) < 4.78 is 0. The van der Waals surface area contributed by atoms with E-state index in [1.54, 1.807) is 11.3 Å². The molecule has 4 nitrogen and oxygen atoms in total. The fourth-order valence-electron chi connectivity index (χ4n) is 1.63. The van der Waals surface area contributed by atoms with Crippen molar-refractivity contribution in [3.63, 3.8) is 0 Å². The van der Waals surface area contributed by atoms with Crippen LogP contribution in [0.4, 0.5) is 5.13 Å². The molecule has 0 saturated carbocycles. The third-order valence-electron chi connectivity index (χ3n) is 2.82. The van der Waals surface area contributed by atoms with Crippen molar-refractivity contribution in [1.82, 2.24) is 9.97 Å². The largest absolute Gasteiger partial charge is 0.367 e. The number of H-pyrrole nitrogens is 1. The molecule has 0 fully saturated rings. The van der Waals surface area contributed by atoms with Gasteiger partial charge in [0.15, 0.2) is 5.13 Å². The molecule has 4 N–H and O–H groups in total. The minimum Gasteiger partial charge on any atom is -0.367 e. The van der Waals surface area contributed by atoms with Crippen LogP contribution in [-0.4, -0.2) is 16.5 Å². The molecule has 17 heavy (non-hydrogen) atoms. The fourth-order valence-corrected chi connectivity index (χ4v) is 2.31. The van der Waals surface area contributed by atoms with Crippen molar-refractivity contribution in [3.8, 4) is 0 Å². The second-order valence-corrected chi connectivity index (χ2v) is 5.79. The van der Waals surface area contributed by atoms with Gasteiger partial charge < -0.3 is 16.0 Å². The van der Waals surface area contributed by atoms with Crippen LogP contribution in [0.15, 0.2) is 24.7 Å². The minimum absolute atomic E-state index is 0.0779. The average molecular weight is 250 g/mol. The maximum atomic E-state index is 5.56. The van der Waals surface area contributed by atoms with Gasteiger partial charge in [-0.3, -0.25) is 0 Å². The van der Waals surface area contributed by atoms with E-state index in [4.69, 9.17) is 5.73 Å². The molecule has 2 aromatic heterocycles. The van der Waals surface area contributed by atoms with Gasteiger partial charge in [0, 0.05) is 42.0 Å². The lowest BCUT2D eigenvalue weighted by atomic mass is 9.86. The molecule has 0 unspecified atom stereocenters. The Morgan fingerprint density at radius 1 is 1.53 bits per heavy atom. The quantitative estimate of drug-likeness (QED) is 0.763. The summed E-state index contributed by atoms with van der Waals surface area (Å²) in [6.07, 6.45) is 5.82. The van der Waals surface area contributed by atoms with E-state index in [-0.39, 0.29) is 5.41 Å². The van der Waals surface area contributed by atoms with Gasteiger partial charge in [-0.25, -0.2) is 4.98 Å². The van der Waals surface area contributed by atoms with Crippen LogP contribution < -0.4 is 11.1 Å². The molecule has 0 aliphatic carbocycles. The Morgan fingerprint density at radius 2 is 2.35 bits per heavy atom. The highest BCUT2D eigenvalue weighted by Crippen LogP contribution is 2.24. The first-order valence-electron chi connectivity index (χ1n) is 5.64. The van der Waals surface area contributed by atoms with Crippen molar-refractivity contribution in [1.29, 1.82) is 0 Å². The van der Waals surface area contributed by atoms with E-state index in [0.717, 1.165) is 16.6 Å². The molecule has 2 rings (SSSR count). The van der Waals surface area contributed by atoms with Gasteiger partial charge in [0.1, 0.15) is 0 Å². The zero-order valence-electron chi connectivity index (χ0n) is 10.2. The highest BCUT2D eigenvalue weighted by molar-refractivity contribution is 7.15. The number of rotatable bonds is 5. The number of hydrogen-bond acceptors (Lipinski definition) is 4. The molecule has 0 atom stereocenters. The van der Waals surface area contributed by atoms with Gasteiger partial charge >= 0.3 is 0 Å². The Hall–Kier alpha value is -1.33. The second kappa shape index (κ2) is 4.89. The molecule has 0 saturated heterocycles. The Bertz CT molecular complexity index is 459. The Labute approximate surface area is 105 Å². The van der Waals surface area contributed by atoms with Crippen LogP contribution in [0.3, 0.4) is 0 Å². The van der Waals surface area contributed by atoms with Crippen LogP contribution >= 0.6 is 11.3 Å². The minimum atomic E-state index is 0.0779.